The molecule has 0 saturated heterocycles. The second-order valence-corrected chi connectivity index (χ2v) is 5.54. The lowest BCUT2D eigenvalue weighted by molar-refractivity contribution is -0.143. The Morgan fingerprint density at radius 2 is 2.00 bits per heavy atom. The third-order valence-electron chi connectivity index (χ3n) is 3.03. The van der Waals surface area contributed by atoms with E-state index in [0.29, 0.717) is 18.4 Å². The molecule has 0 bridgehead atoms. The van der Waals surface area contributed by atoms with Gasteiger partial charge in [0.25, 0.3) is 5.91 Å². The van der Waals surface area contributed by atoms with Gasteiger partial charge in [0, 0.05) is 10.0 Å². The Labute approximate surface area is 123 Å². The highest BCUT2D eigenvalue weighted by Crippen LogP contribution is 2.35. The number of rotatable bonds is 5. The molecule has 0 spiro atoms. The topological polar surface area (TPSA) is 95.5 Å². The van der Waals surface area contributed by atoms with E-state index in [1.807, 2.05) is 0 Å². The van der Waals surface area contributed by atoms with Gasteiger partial charge in [-0.25, -0.2) is 4.79 Å². The van der Waals surface area contributed by atoms with Crippen LogP contribution in [-0.4, -0.2) is 35.0 Å². The zero-order valence-electron chi connectivity index (χ0n) is 10.5. The number of nitrogens with one attached hydrogen (secondary N) is 2. The number of carbonyl (C=O) groups excluding carboxylic acids is 2. The number of halogens is 1. The Bertz CT molecular complexity index is 569. The molecule has 1 aromatic carbocycles. The number of hydrogen-bond donors (Lipinski definition) is 3. The first-order valence-electron chi connectivity index (χ1n) is 6.01. The van der Waals surface area contributed by atoms with E-state index >= 15 is 0 Å². The lowest BCUT2D eigenvalue weighted by Crippen LogP contribution is -2.47. The number of carboxylic acids is 1. The van der Waals surface area contributed by atoms with Gasteiger partial charge in [-0.2, -0.15) is 0 Å². The lowest BCUT2D eigenvalue weighted by atomic mass is 10.2. The summed E-state index contributed by atoms with van der Waals surface area (Å²) in [6.07, 6.45) is 0.849. The van der Waals surface area contributed by atoms with Crippen LogP contribution in [0.25, 0.3) is 0 Å². The van der Waals surface area contributed by atoms with Crippen LogP contribution in [0.1, 0.15) is 23.2 Å². The van der Waals surface area contributed by atoms with Gasteiger partial charge in [0.2, 0.25) is 5.91 Å². The zero-order chi connectivity index (χ0) is 14.8. The predicted octanol–water partition coefficient (Wildman–Crippen LogP) is 0.912. The quantitative estimate of drug-likeness (QED) is 0.742. The third kappa shape index (κ3) is 3.36. The van der Waals surface area contributed by atoms with E-state index in [-0.39, 0.29) is 12.5 Å². The zero-order valence-corrected chi connectivity index (χ0v) is 12.1. The monoisotopic (exact) mass is 340 g/mol. The van der Waals surface area contributed by atoms with Gasteiger partial charge in [-0.1, -0.05) is 22.0 Å². The van der Waals surface area contributed by atoms with Gasteiger partial charge in [-0.05, 0) is 31.0 Å². The predicted molar refractivity (Wildman–Crippen MR) is 74.2 cm³/mol. The second kappa shape index (κ2) is 5.62. The highest BCUT2D eigenvalue weighted by atomic mass is 79.9. The van der Waals surface area contributed by atoms with Crippen LogP contribution in [0.3, 0.4) is 0 Å². The van der Waals surface area contributed by atoms with Crippen LogP contribution in [0.15, 0.2) is 28.7 Å². The second-order valence-electron chi connectivity index (χ2n) is 4.63. The summed E-state index contributed by atoms with van der Waals surface area (Å²) in [5.41, 5.74) is -0.705. The summed E-state index contributed by atoms with van der Waals surface area (Å²) in [6.45, 7) is -0.250. The van der Waals surface area contributed by atoms with Crippen molar-refractivity contribution in [1.29, 1.82) is 0 Å². The molecule has 20 heavy (non-hydrogen) atoms. The summed E-state index contributed by atoms with van der Waals surface area (Å²) in [5.74, 6) is -1.93. The summed E-state index contributed by atoms with van der Waals surface area (Å²) in [7, 11) is 0. The number of carbonyl (C=O) groups is 3. The molecule has 7 heteroatoms. The summed E-state index contributed by atoms with van der Waals surface area (Å²) >= 11 is 3.25. The standard InChI is InChI=1S/C13H13BrN2O4/c14-9-3-1-2-8(6-9)11(18)15-7-10(17)16-13(4-5-13)12(19)20/h1-3,6H,4-5,7H2,(H,15,18)(H,16,17)(H,19,20). The fourth-order valence-electron chi connectivity index (χ4n) is 1.72. The SMILES string of the molecule is O=C(CNC(=O)c1cccc(Br)c1)NC1(C(=O)O)CC1. The van der Waals surface area contributed by atoms with Gasteiger partial charge in [0.05, 0.1) is 6.54 Å². The largest absolute Gasteiger partial charge is 0.480 e. The van der Waals surface area contributed by atoms with E-state index in [9.17, 15) is 14.4 Å². The van der Waals surface area contributed by atoms with Crippen molar-refractivity contribution in [2.75, 3.05) is 6.54 Å². The first-order chi connectivity index (χ1) is 9.43. The maximum atomic E-state index is 11.8. The van der Waals surface area contributed by atoms with Crippen molar-refractivity contribution in [3.8, 4) is 0 Å². The molecule has 1 aliphatic carbocycles. The summed E-state index contributed by atoms with van der Waals surface area (Å²) in [4.78, 5) is 34.3. The molecule has 3 N–H and O–H groups in total. The average Bonchev–Trinajstić information content (AvgIpc) is 3.17. The molecule has 0 radical (unpaired) electrons. The number of hydrogen-bond acceptors (Lipinski definition) is 3. The van der Waals surface area contributed by atoms with Crippen molar-refractivity contribution in [2.24, 2.45) is 0 Å². The van der Waals surface area contributed by atoms with E-state index in [2.05, 4.69) is 26.6 Å². The molecule has 0 atom stereocenters. The number of benzene rings is 1. The Hall–Kier alpha value is -1.89. The van der Waals surface area contributed by atoms with Crippen molar-refractivity contribution in [1.82, 2.24) is 10.6 Å². The molecule has 6 nitrogen and oxygen atoms in total. The van der Waals surface area contributed by atoms with Gasteiger partial charge in [0.1, 0.15) is 5.54 Å². The van der Waals surface area contributed by atoms with Crippen LogP contribution in [0.5, 0.6) is 0 Å². The van der Waals surface area contributed by atoms with Crippen LogP contribution in [0, 0.1) is 0 Å². The minimum Gasteiger partial charge on any atom is -0.480 e. The fourth-order valence-corrected chi connectivity index (χ4v) is 2.12. The average molecular weight is 341 g/mol. The lowest BCUT2D eigenvalue weighted by Gasteiger charge is -2.12. The van der Waals surface area contributed by atoms with E-state index < -0.39 is 17.4 Å². The Kier molecular flexibility index (Phi) is 4.08. The molecule has 2 amide bonds. The van der Waals surface area contributed by atoms with E-state index in [0.717, 1.165) is 4.47 Å². The van der Waals surface area contributed by atoms with Gasteiger partial charge >= 0.3 is 5.97 Å². The molecule has 1 aromatic rings. The summed E-state index contributed by atoms with van der Waals surface area (Å²) in [5, 5.41) is 13.8. The molecule has 0 aliphatic heterocycles. The fraction of sp³-hybridized carbons (Fsp3) is 0.308. The third-order valence-corrected chi connectivity index (χ3v) is 3.53. The number of carboxylic acid groups (broad SMARTS) is 1. The number of amides is 2. The van der Waals surface area contributed by atoms with Crippen LogP contribution in [0.2, 0.25) is 0 Å². The summed E-state index contributed by atoms with van der Waals surface area (Å²) in [6, 6.07) is 6.75. The van der Waals surface area contributed by atoms with Crippen molar-refractivity contribution in [2.45, 2.75) is 18.4 Å². The molecule has 2 rings (SSSR count). The maximum Gasteiger partial charge on any atom is 0.329 e. The molecule has 1 saturated carbocycles. The maximum absolute atomic E-state index is 11.8. The Morgan fingerprint density at radius 1 is 1.30 bits per heavy atom. The van der Waals surface area contributed by atoms with Crippen LogP contribution in [0.4, 0.5) is 0 Å². The van der Waals surface area contributed by atoms with E-state index in [1.165, 1.54) is 0 Å². The van der Waals surface area contributed by atoms with Crippen molar-refractivity contribution < 1.29 is 19.5 Å². The van der Waals surface area contributed by atoms with Crippen LogP contribution >= 0.6 is 15.9 Å². The molecular weight excluding hydrogens is 328 g/mol. The molecule has 0 heterocycles. The van der Waals surface area contributed by atoms with E-state index in [1.54, 1.807) is 24.3 Å². The van der Waals surface area contributed by atoms with Gasteiger partial charge < -0.3 is 15.7 Å². The summed E-state index contributed by atoms with van der Waals surface area (Å²) < 4.78 is 0.761. The molecular formula is C13H13BrN2O4. The molecule has 1 aliphatic rings. The normalized spacial score (nSPS) is 15.2. The highest BCUT2D eigenvalue weighted by molar-refractivity contribution is 9.10. The number of aliphatic carboxylic acids is 1. The minimum atomic E-state index is -1.13. The first-order valence-corrected chi connectivity index (χ1v) is 6.80. The molecule has 0 unspecified atom stereocenters. The van der Waals surface area contributed by atoms with Crippen molar-refractivity contribution in [3.63, 3.8) is 0 Å². The van der Waals surface area contributed by atoms with E-state index in [4.69, 9.17) is 5.11 Å². The Balaban J connectivity index is 1.85. The van der Waals surface area contributed by atoms with Crippen molar-refractivity contribution >= 4 is 33.7 Å². The molecule has 106 valence electrons. The highest BCUT2D eigenvalue weighted by Gasteiger charge is 2.51. The molecule has 1 fully saturated rings. The van der Waals surface area contributed by atoms with Gasteiger partial charge in [0.15, 0.2) is 0 Å². The minimum absolute atomic E-state index is 0.250. The van der Waals surface area contributed by atoms with Crippen LogP contribution in [-0.2, 0) is 9.59 Å². The van der Waals surface area contributed by atoms with Crippen LogP contribution < -0.4 is 10.6 Å². The first kappa shape index (κ1) is 14.5. The van der Waals surface area contributed by atoms with Crippen molar-refractivity contribution in [3.05, 3.63) is 34.3 Å². The molecule has 0 aromatic heterocycles. The van der Waals surface area contributed by atoms with Gasteiger partial charge in [-0.3, -0.25) is 9.59 Å². The Morgan fingerprint density at radius 3 is 2.55 bits per heavy atom. The van der Waals surface area contributed by atoms with Gasteiger partial charge in [-0.15, -0.1) is 0 Å². The smallest absolute Gasteiger partial charge is 0.329 e.